The van der Waals surface area contributed by atoms with Gasteiger partial charge in [-0.1, -0.05) is 23.5 Å². The predicted molar refractivity (Wildman–Crippen MR) is 104 cm³/mol. The van der Waals surface area contributed by atoms with Crippen LogP contribution in [0.4, 0.5) is 10.8 Å². The van der Waals surface area contributed by atoms with Crippen molar-refractivity contribution in [2.45, 2.75) is 33.0 Å². The smallest absolute Gasteiger partial charge is 0.209 e. The lowest BCUT2D eigenvalue weighted by Crippen LogP contribution is -3.15. The molecule has 2 N–H and O–H groups in total. The van der Waals surface area contributed by atoms with Gasteiger partial charge in [0, 0.05) is 12.1 Å². The molecule has 6 nitrogen and oxygen atoms in total. The van der Waals surface area contributed by atoms with Gasteiger partial charge in [-0.05, 0) is 43.8 Å². The molecular formula is C16H23N4O2S3+. The first-order chi connectivity index (χ1) is 11.9. The molecule has 1 aliphatic rings. The summed E-state index contributed by atoms with van der Waals surface area (Å²) in [5.74, 6) is 0.561. The standard InChI is InChI=1S/C16H22N4O2S3/c1-3-19(14-7-8-25(21,22)10-14)11-20-16(23)24-15(18-20)17-13-6-4-5-12(2)9-13/h4-6,9,14H,3,7-8,10-11H2,1-2H3,(H,17,18)/p+1/t14-/m0/s1. The lowest BCUT2D eigenvalue weighted by atomic mass is 10.2. The Morgan fingerprint density at radius 2 is 2.28 bits per heavy atom. The molecule has 136 valence electrons. The van der Waals surface area contributed by atoms with E-state index in [2.05, 4.69) is 23.4 Å². The SMILES string of the molecule is CC[NH+](Cn1nc(Nc2cccc(C)c2)sc1=S)[C@H]1CCS(=O)(=O)C1. The quantitative estimate of drug-likeness (QED) is 0.725. The largest absolute Gasteiger partial charge is 0.330 e. The highest BCUT2D eigenvalue weighted by Gasteiger charge is 2.35. The van der Waals surface area contributed by atoms with E-state index in [1.807, 2.05) is 29.8 Å². The number of aromatic nitrogens is 2. The van der Waals surface area contributed by atoms with Gasteiger partial charge in [0.15, 0.2) is 20.5 Å². The van der Waals surface area contributed by atoms with E-state index in [4.69, 9.17) is 12.2 Å². The molecule has 2 aromatic rings. The average Bonchev–Trinajstić information content (AvgIpc) is 3.07. The van der Waals surface area contributed by atoms with Crippen molar-refractivity contribution in [1.29, 1.82) is 0 Å². The molecule has 0 bridgehead atoms. The first kappa shape index (κ1) is 18.5. The molecule has 0 aliphatic carbocycles. The number of hydrogen-bond acceptors (Lipinski definition) is 6. The second kappa shape index (κ2) is 7.53. The normalized spacial score (nSPS) is 20.5. The Morgan fingerprint density at radius 3 is 2.92 bits per heavy atom. The van der Waals surface area contributed by atoms with Crippen LogP contribution in [-0.4, -0.2) is 42.3 Å². The number of anilines is 2. The van der Waals surface area contributed by atoms with Crippen LogP contribution in [-0.2, 0) is 16.5 Å². The number of hydrogen-bond donors (Lipinski definition) is 2. The Bertz CT molecular complexity index is 904. The zero-order valence-electron chi connectivity index (χ0n) is 14.4. The van der Waals surface area contributed by atoms with Crippen LogP contribution in [0, 0.1) is 10.9 Å². The second-order valence-electron chi connectivity index (χ2n) is 6.44. The van der Waals surface area contributed by atoms with Gasteiger partial charge in [-0.3, -0.25) is 0 Å². The number of nitrogens with one attached hydrogen (secondary N) is 2. The highest BCUT2D eigenvalue weighted by Crippen LogP contribution is 2.20. The fraction of sp³-hybridized carbons (Fsp3) is 0.500. The van der Waals surface area contributed by atoms with Gasteiger partial charge in [0.05, 0.1) is 12.3 Å². The number of sulfone groups is 1. The summed E-state index contributed by atoms with van der Waals surface area (Å²) in [6.45, 7) is 5.56. The van der Waals surface area contributed by atoms with Crippen molar-refractivity contribution in [1.82, 2.24) is 9.78 Å². The van der Waals surface area contributed by atoms with Gasteiger partial charge in [0.25, 0.3) is 0 Å². The van der Waals surface area contributed by atoms with Gasteiger partial charge in [0.2, 0.25) is 5.13 Å². The molecule has 0 spiro atoms. The molecule has 9 heteroatoms. The molecule has 1 aromatic heterocycles. The molecule has 1 aromatic carbocycles. The van der Waals surface area contributed by atoms with E-state index in [1.165, 1.54) is 21.8 Å². The van der Waals surface area contributed by atoms with Crippen molar-refractivity contribution in [3.63, 3.8) is 0 Å². The number of quaternary nitrogens is 1. The Labute approximate surface area is 157 Å². The van der Waals surface area contributed by atoms with Crippen LogP contribution in [0.2, 0.25) is 0 Å². The number of rotatable bonds is 6. The van der Waals surface area contributed by atoms with Crippen molar-refractivity contribution in [2.75, 3.05) is 23.4 Å². The molecule has 1 saturated heterocycles. The summed E-state index contributed by atoms with van der Waals surface area (Å²) >= 11 is 6.88. The van der Waals surface area contributed by atoms with Crippen molar-refractivity contribution < 1.29 is 13.3 Å². The Hall–Kier alpha value is -1.29. The summed E-state index contributed by atoms with van der Waals surface area (Å²) in [6, 6.07) is 8.23. The monoisotopic (exact) mass is 399 g/mol. The van der Waals surface area contributed by atoms with Gasteiger partial charge < -0.3 is 10.2 Å². The van der Waals surface area contributed by atoms with Crippen LogP contribution in [0.3, 0.4) is 0 Å². The molecule has 2 heterocycles. The highest BCUT2D eigenvalue weighted by atomic mass is 32.2. The van der Waals surface area contributed by atoms with Gasteiger partial charge in [-0.15, -0.1) is 5.10 Å². The zero-order valence-corrected chi connectivity index (χ0v) is 16.8. The Balaban J connectivity index is 1.72. The number of aryl methyl sites for hydroxylation is 1. The first-order valence-corrected chi connectivity index (χ1v) is 11.4. The van der Waals surface area contributed by atoms with Crippen LogP contribution < -0.4 is 10.2 Å². The summed E-state index contributed by atoms with van der Waals surface area (Å²) in [5, 5.41) is 8.63. The fourth-order valence-electron chi connectivity index (χ4n) is 3.14. The van der Waals surface area contributed by atoms with Crippen LogP contribution >= 0.6 is 23.6 Å². The van der Waals surface area contributed by atoms with E-state index in [-0.39, 0.29) is 11.8 Å². The van der Waals surface area contributed by atoms with E-state index in [0.717, 1.165) is 23.8 Å². The van der Waals surface area contributed by atoms with Crippen molar-refractivity contribution in [3.05, 3.63) is 33.8 Å². The minimum Gasteiger partial charge on any atom is -0.330 e. The summed E-state index contributed by atoms with van der Waals surface area (Å²) < 4.78 is 26.0. The predicted octanol–water partition coefficient (Wildman–Crippen LogP) is 1.78. The van der Waals surface area contributed by atoms with Crippen LogP contribution in [0.5, 0.6) is 0 Å². The third kappa shape index (κ3) is 4.66. The van der Waals surface area contributed by atoms with E-state index < -0.39 is 9.84 Å². The van der Waals surface area contributed by atoms with Crippen molar-refractivity contribution in [3.8, 4) is 0 Å². The maximum Gasteiger partial charge on any atom is 0.209 e. The van der Waals surface area contributed by atoms with E-state index in [0.29, 0.717) is 16.4 Å². The lowest BCUT2D eigenvalue weighted by Gasteiger charge is -2.23. The van der Waals surface area contributed by atoms with Crippen molar-refractivity contribution in [2.24, 2.45) is 0 Å². The Morgan fingerprint density at radius 1 is 1.48 bits per heavy atom. The van der Waals surface area contributed by atoms with E-state index in [1.54, 1.807) is 0 Å². The fourth-order valence-corrected chi connectivity index (χ4v) is 5.99. The average molecular weight is 400 g/mol. The Kier molecular flexibility index (Phi) is 5.57. The minimum atomic E-state index is -2.88. The van der Waals surface area contributed by atoms with Crippen LogP contribution in [0.15, 0.2) is 24.3 Å². The van der Waals surface area contributed by atoms with E-state index >= 15 is 0 Å². The molecule has 1 fully saturated rings. The van der Waals surface area contributed by atoms with Crippen molar-refractivity contribution >= 4 is 44.2 Å². The maximum absolute atomic E-state index is 11.8. The van der Waals surface area contributed by atoms with Gasteiger partial charge in [-0.2, -0.15) is 4.68 Å². The second-order valence-corrected chi connectivity index (χ2v) is 10.3. The summed E-state index contributed by atoms with van der Waals surface area (Å²) in [7, 11) is -2.88. The molecule has 0 radical (unpaired) electrons. The summed E-state index contributed by atoms with van der Waals surface area (Å²) in [4.78, 5) is 1.21. The number of nitrogens with zero attached hydrogens (tertiary/aromatic N) is 2. The summed E-state index contributed by atoms with van der Waals surface area (Å²) in [5.41, 5.74) is 2.16. The van der Waals surface area contributed by atoms with E-state index in [9.17, 15) is 8.42 Å². The molecule has 25 heavy (non-hydrogen) atoms. The highest BCUT2D eigenvalue weighted by molar-refractivity contribution is 7.91. The van der Waals surface area contributed by atoms with Gasteiger partial charge in [-0.25, -0.2) is 8.42 Å². The molecule has 0 amide bonds. The van der Waals surface area contributed by atoms with Gasteiger partial charge >= 0.3 is 0 Å². The third-order valence-corrected chi connectivity index (χ3v) is 7.48. The third-order valence-electron chi connectivity index (χ3n) is 4.49. The topological polar surface area (TPSA) is 68.4 Å². The number of benzene rings is 1. The molecule has 0 saturated carbocycles. The molecule has 3 rings (SSSR count). The van der Waals surface area contributed by atoms with Crippen LogP contribution in [0.1, 0.15) is 18.9 Å². The maximum atomic E-state index is 11.8. The van der Waals surface area contributed by atoms with Gasteiger partial charge in [0.1, 0.15) is 11.8 Å². The summed E-state index contributed by atoms with van der Waals surface area (Å²) in [6.07, 6.45) is 0.720. The molecule has 1 aliphatic heterocycles. The van der Waals surface area contributed by atoms with Crippen LogP contribution in [0.25, 0.3) is 0 Å². The minimum absolute atomic E-state index is 0.131. The lowest BCUT2D eigenvalue weighted by molar-refractivity contribution is -0.943. The molecular weight excluding hydrogens is 376 g/mol. The molecule has 1 unspecified atom stereocenters. The zero-order chi connectivity index (χ0) is 18.0. The molecule has 2 atom stereocenters. The first-order valence-electron chi connectivity index (χ1n) is 8.33.